The van der Waals surface area contributed by atoms with Gasteiger partial charge in [-0.05, 0) is 85.8 Å². The molecule has 2 aromatic carbocycles. The molecule has 0 spiro atoms. The summed E-state index contributed by atoms with van der Waals surface area (Å²) in [5.74, 6) is 1.59. The molecular formula is C53H88O6. The number of unbranched alkanes of at least 4 members (excludes halogenated alkanes) is 20. The molecule has 0 amide bonds. The van der Waals surface area contributed by atoms with Crippen molar-refractivity contribution in [1.82, 2.24) is 0 Å². The SMILES string of the molecule is CCCCC(CCCCCCCCCCCCC(=O)OCC(C)(C)COC(=O)CCCCCCCCCCCCC(CCCC)c1cccc(O)c1)c1cccc(O)c1. The molecule has 6 nitrogen and oxygen atoms in total. The van der Waals surface area contributed by atoms with Gasteiger partial charge >= 0.3 is 11.9 Å². The highest BCUT2D eigenvalue weighted by Gasteiger charge is 2.23. The molecule has 0 heterocycles. The zero-order chi connectivity index (χ0) is 42.8. The summed E-state index contributed by atoms with van der Waals surface area (Å²) in [6.07, 6.45) is 34.8. The first-order valence-corrected chi connectivity index (χ1v) is 24.5. The summed E-state index contributed by atoms with van der Waals surface area (Å²) < 4.78 is 11.1. The fourth-order valence-corrected chi connectivity index (χ4v) is 8.30. The fraction of sp³-hybridized carbons (Fsp3) is 0.736. The molecule has 2 aromatic rings. The lowest BCUT2D eigenvalue weighted by Gasteiger charge is -2.23. The van der Waals surface area contributed by atoms with E-state index in [4.69, 9.17) is 9.47 Å². The molecule has 0 aliphatic rings. The van der Waals surface area contributed by atoms with E-state index in [0.717, 1.165) is 25.7 Å². The molecule has 2 rings (SSSR count). The highest BCUT2D eigenvalue weighted by atomic mass is 16.5. The van der Waals surface area contributed by atoms with Gasteiger partial charge in [0.1, 0.15) is 11.5 Å². The first-order chi connectivity index (χ1) is 28.6. The van der Waals surface area contributed by atoms with E-state index in [1.165, 1.54) is 165 Å². The van der Waals surface area contributed by atoms with Gasteiger partial charge in [-0.25, -0.2) is 0 Å². The van der Waals surface area contributed by atoms with Crippen molar-refractivity contribution >= 4 is 11.9 Å². The molecule has 59 heavy (non-hydrogen) atoms. The van der Waals surface area contributed by atoms with Crippen molar-refractivity contribution in [3.8, 4) is 11.5 Å². The second-order valence-electron chi connectivity index (χ2n) is 18.5. The van der Waals surface area contributed by atoms with Crippen molar-refractivity contribution in [3.63, 3.8) is 0 Å². The number of phenols is 2. The molecule has 0 aliphatic carbocycles. The summed E-state index contributed by atoms with van der Waals surface area (Å²) in [7, 11) is 0. The van der Waals surface area contributed by atoms with Crippen molar-refractivity contribution in [2.45, 2.75) is 232 Å². The Morgan fingerprint density at radius 3 is 1.10 bits per heavy atom. The van der Waals surface area contributed by atoms with E-state index in [1.54, 1.807) is 12.1 Å². The molecule has 0 radical (unpaired) electrons. The maximum absolute atomic E-state index is 12.4. The summed E-state index contributed by atoms with van der Waals surface area (Å²) in [5.41, 5.74) is 2.19. The predicted molar refractivity (Wildman–Crippen MR) is 247 cm³/mol. The molecular weight excluding hydrogens is 733 g/mol. The van der Waals surface area contributed by atoms with E-state index >= 15 is 0 Å². The topological polar surface area (TPSA) is 93.1 Å². The van der Waals surface area contributed by atoms with Crippen LogP contribution in [0.3, 0.4) is 0 Å². The number of carbonyl (C=O) groups excluding carboxylic acids is 2. The Labute approximate surface area is 362 Å². The second-order valence-corrected chi connectivity index (χ2v) is 18.5. The maximum atomic E-state index is 12.4. The van der Waals surface area contributed by atoms with Gasteiger partial charge in [-0.1, -0.05) is 193 Å². The average Bonchev–Trinajstić information content (AvgIpc) is 3.22. The normalized spacial score (nSPS) is 12.7. The predicted octanol–water partition coefficient (Wildman–Crippen LogP) is 15.8. The first-order valence-electron chi connectivity index (χ1n) is 24.5. The van der Waals surface area contributed by atoms with Crippen molar-refractivity contribution < 1.29 is 29.3 Å². The molecule has 2 atom stereocenters. The minimum Gasteiger partial charge on any atom is -0.508 e. The standard InChI is InChI=1S/C53H88O6/c1-5-7-31-45(47-35-29-37-49(54)41-47)33-25-21-17-13-9-11-15-19-23-27-39-51(56)58-43-53(3,4)44-59-52(57)40-28-24-20-16-12-10-14-18-22-26-34-46(32-8-6-2)48-36-30-38-50(55)42-48/h29-30,35-38,41-42,45-46,54-55H,5-28,31-34,39-40,43-44H2,1-4H3. The fourth-order valence-electron chi connectivity index (χ4n) is 8.30. The Kier molecular flexibility index (Phi) is 29.7. The van der Waals surface area contributed by atoms with Crippen LogP contribution in [-0.2, 0) is 19.1 Å². The van der Waals surface area contributed by atoms with Gasteiger partial charge in [0.2, 0.25) is 0 Å². The number of benzene rings is 2. The summed E-state index contributed by atoms with van der Waals surface area (Å²) in [4.78, 5) is 24.7. The van der Waals surface area contributed by atoms with Crippen LogP contribution in [0.5, 0.6) is 11.5 Å². The van der Waals surface area contributed by atoms with Gasteiger partial charge in [-0.2, -0.15) is 0 Å². The molecule has 0 saturated carbocycles. The van der Waals surface area contributed by atoms with Crippen molar-refractivity contribution in [2.75, 3.05) is 13.2 Å². The van der Waals surface area contributed by atoms with Gasteiger partial charge < -0.3 is 19.7 Å². The molecule has 0 bridgehead atoms. The lowest BCUT2D eigenvalue weighted by Crippen LogP contribution is -2.28. The number of hydrogen-bond acceptors (Lipinski definition) is 6. The zero-order valence-electron chi connectivity index (χ0n) is 38.4. The molecule has 0 fully saturated rings. The lowest BCUT2D eigenvalue weighted by molar-refractivity contribution is -0.152. The van der Waals surface area contributed by atoms with Gasteiger partial charge in [0.25, 0.3) is 0 Å². The van der Waals surface area contributed by atoms with Crippen LogP contribution in [0.1, 0.15) is 243 Å². The summed E-state index contributed by atoms with van der Waals surface area (Å²) >= 11 is 0. The Balaban J connectivity index is 1.37. The molecule has 0 aromatic heterocycles. The van der Waals surface area contributed by atoms with Crippen molar-refractivity contribution in [3.05, 3.63) is 59.7 Å². The molecule has 0 saturated heterocycles. The van der Waals surface area contributed by atoms with Crippen LogP contribution in [0, 0.1) is 5.41 Å². The number of hydrogen-bond donors (Lipinski definition) is 2. The number of aromatic hydroxyl groups is 2. The average molecular weight is 821 g/mol. The molecule has 2 N–H and O–H groups in total. The highest BCUT2D eigenvalue weighted by Crippen LogP contribution is 2.31. The molecule has 0 aliphatic heterocycles. The second kappa shape index (κ2) is 33.7. The summed E-state index contributed by atoms with van der Waals surface area (Å²) in [6.45, 7) is 9.00. The van der Waals surface area contributed by atoms with Crippen LogP contribution in [0.25, 0.3) is 0 Å². The van der Waals surface area contributed by atoms with Gasteiger partial charge in [0.05, 0.1) is 13.2 Å². The molecule has 2 unspecified atom stereocenters. The van der Waals surface area contributed by atoms with Crippen LogP contribution in [-0.4, -0.2) is 35.4 Å². The molecule has 6 heteroatoms. The first kappa shape index (κ1) is 52.1. The lowest BCUT2D eigenvalue weighted by atomic mass is 9.88. The van der Waals surface area contributed by atoms with Crippen molar-refractivity contribution in [1.29, 1.82) is 0 Å². The van der Waals surface area contributed by atoms with E-state index < -0.39 is 5.41 Å². The van der Waals surface area contributed by atoms with E-state index in [0.29, 0.717) is 36.2 Å². The van der Waals surface area contributed by atoms with Gasteiger partial charge in [0.15, 0.2) is 0 Å². The maximum Gasteiger partial charge on any atom is 0.305 e. The highest BCUT2D eigenvalue weighted by molar-refractivity contribution is 5.69. The zero-order valence-corrected chi connectivity index (χ0v) is 38.4. The molecule has 336 valence electrons. The number of ether oxygens (including phenoxy) is 2. The minimum atomic E-state index is -0.392. The van der Waals surface area contributed by atoms with E-state index in [-0.39, 0.29) is 25.2 Å². The largest absolute Gasteiger partial charge is 0.508 e. The summed E-state index contributed by atoms with van der Waals surface area (Å²) in [5, 5.41) is 19.8. The van der Waals surface area contributed by atoms with Crippen LogP contribution < -0.4 is 0 Å². The summed E-state index contributed by atoms with van der Waals surface area (Å²) in [6, 6.07) is 15.7. The monoisotopic (exact) mass is 821 g/mol. The van der Waals surface area contributed by atoms with Gasteiger partial charge in [0, 0.05) is 18.3 Å². The number of esters is 2. The third-order valence-electron chi connectivity index (χ3n) is 12.1. The quantitative estimate of drug-likeness (QED) is 0.0518. The van der Waals surface area contributed by atoms with Crippen LogP contribution in [0.2, 0.25) is 0 Å². The Bertz CT molecular complexity index is 1240. The van der Waals surface area contributed by atoms with Crippen molar-refractivity contribution in [2.24, 2.45) is 5.41 Å². The van der Waals surface area contributed by atoms with E-state index in [2.05, 4.69) is 26.0 Å². The smallest absolute Gasteiger partial charge is 0.305 e. The Morgan fingerprint density at radius 2 is 0.780 bits per heavy atom. The third-order valence-corrected chi connectivity index (χ3v) is 12.1. The van der Waals surface area contributed by atoms with Crippen LogP contribution in [0.15, 0.2) is 48.5 Å². The number of rotatable bonds is 38. The number of carbonyl (C=O) groups is 2. The third kappa shape index (κ3) is 27.4. The van der Waals surface area contributed by atoms with E-state index in [1.807, 2.05) is 38.1 Å². The van der Waals surface area contributed by atoms with Crippen LogP contribution in [0.4, 0.5) is 0 Å². The Hall–Kier alpha value is -3.02. The van der Waals surface area contributed by atoms with Gasteiger partial charge in [-0.15, -0.1) is 0 Å². The van der Waals surface area contributed by atoms with E-state index in [9.17, 15) is 19.8 Å². The van der Waals surface area contributed by atoms with Gasteiger partial charge in [-0.3, -0.25) is 9.59 Å². The Morgan fingerprint density at radius 1 is 0.475 bits per heavy atom. The minimum absolute atomic E-state index is 0.150. The van der Waals surface area contributed by atoms with Crippen LogP contribution >= 0.6 is 0 Å². The number of phenolic OH excluding ortho intramolecular Hbond substituents is 2.